The van der Waals surface area contributed by atoms with Gasteiger partial charge in [0.2, 0.25) is 5.91 Å². The molecule has 0 aromatic carbocycles. The molecule has 2 rings (SSSR count). The van der Waals surface area contributed by atoms with Gasteiger partial charge in [0.25, 0.3) is 0 Å². The van der Waals surface area contributed by atoms with Crippen LogP contribution in [-0.4, -0.2) is 77.2 Å². The highest BCUT2D eigenvalue weighted by Crippen LogP contribution is 2.27. The zero-order valence-corrected chi connectivity index (χ0v) is 22.4. The van der Waals surface area contributed by atoms with Crippen molar-refractivity contribution in [3.05, 3.63) is 11.6 Å². The van der Waals surface area contributed by atoms with Gasteiger partial charge in [-0.2, -0.15) is 0 Å². The number of aliphatic hydroxyl groups excluding tert-OH is 3. The van der Waals surface area contributed by atoms with Gasteiger partial charge in [0.15, 0.2) is 5.78 Å². The van der Waals surface area contributed by atoms with E-state index in [4.69, 9.17) is 9.47 Å². The first kappa shape index (κ1) is 30.4. The van der Waals surface area contributed by atoms with Crippen molar-refractivity contribution < 1.29 is 39.2 Å². The minimum absolute atomic E-state index is 0.0808. The summed E-state index contributed by atoms with van der Waals surface area (Å²) < 4.78 is 10.8. The van der Waals surface area contributed by atoms with Crippen LogP contribution in [0.4, 0.5) is 0 Å². The number of ketones is 1. The Morgan fingerprint density at radius 2 is 1.69 bits per heavy atom. The number of rotatable bonds is 10. The maximum absolute atomic E-state index is 13.0. The van der Waals surface area contributed by atoms with Crippen LogP contribution in [0.2, 0.25) is 0 Å². The van der Waals surface area contributed by atoms with E-state index in [2.05, 4.69) is 5.32 Å². The Morgan fingerprint density at radius 3 is 2.28 bits per heavy atom. The predicted molar refractivity (Wildman–Crippen MR) is 134 cm³/mol. The molecule has 9 nitrogen and oxygen atoms in total. The van der Waals surface area contributed by atoms with Crippen molar-refractivity contribution in [2.24, 2.45) is 17.3 Å². The molecule has 0 radical (unpaired) electrons. The van der Waals surface area contributed by atoms with Crippen molar-refractivity contribution in [1.82, 2.24) is 5.32 Å². The fourth-order valence-electron chi connectivity index (χ4n) is 5.10. The molecule has 6 atom stereocenters. The minimum Gasteiger partial charge on any atom is -0.460 e. The van der Waals surface area contributed by atoms with Gasteiger partial charge in [-0.3, -0.25) is 14.4 Å². The summed E-state index contributed by atoms with van der Waals surface area (Å²) in [6.07, 6.45) is 0.645. The topological polar surface area (TPSA) is 142 Å². The number of carbonyl (C=O) groups is 3. The summed E-state index contributed by atoms with van der Waals surface area (Å²) in [6, 6.07) is 0. The van der Waals surface area contributed by atoms with Crippen LogP contribution in [0, 0.1) is 17.3 Å². The second kappa shape index (κ2) is 13.7. The van der Waals surface area contributed by atoms with E-state index in [0.717, 1.165) is 32.1 Å². The molecule has 0 spiro atoms. The van der Waals surface area contributed by atoms with Crippen LogP contribution in [0.3, 0.4) is 0 Å². The summed E-state index contributed by atoms with van der Waals surface area (Å²) in [5.74, 6) is -1.85. The number of nitrogens with one attached hydrogen (secondary N) is 1. The Balaban J connectivity index is 1.95. The van der Waals surface area contributed by atoms with E-state index in [1.807, 2.05) is 20.8 Å². The molecular formula is C27H45NO8. The fourth-order valence-corrected chi connectivity index (χ4v) is 5.10. The lowest BCUT2D eigenvalue weighted by atomic mass is 9.87. The maximum Gasteiger partial charge on any atom is 0.309 e. The maximum atomic E-state index is 13.0. The van der Waals surface area contributed by atoms with E-state index in [-0.39, 0.29) is 36.2 Å². The summed E-state index contributed by atoms with van der Waals surface area (Å²) >= 11 is 0. The Morgan fingerprint density at radius 1 is 1.06 bits per heavy atom. The summed E-state index contributed by atoms with van der Waals surface area (Å²) in [4.78, 5) is 38.1. The molecule has 1 heterocycles. The molecule has 1 saturated heterocycles. The SMILES string of the molecule is CO[C@@H](C(=O)C[C@H]1CC[C@@H](OC(=O)C2CCCCC2)CNC1=O)[C@H](O)[C@@H](O)[C@H](O)/C(C)=C/C(C)(C)C. The molecule has 1 saturated carbocycles. The van der Waals surface area contributed by atoms with Crippen molar-refractivity contribution >= 4 is 17.7 Å². The van der Waals surface area contributed by atoms with Crippen LogP contribution in [0.25, 0.3) is 0 Å². The Bertz CT molecular complexity index is 783. The lowest BCUT2D eigenvalue weighted by Gasteiger charge is -2.29. The van der Waals surface area contributed by atoms with Gasteiger partial charge in [0.05, 0.1) is 12.5 Å². The fraction of sp³-hybridized carbons (Fsp3) is 0.815. The van der Waals surface area contributed by atoms with Gasteiger partial charge in [0.1, 0.15) is 30.5 Å². The molecule has 0 aromatic heterocycles. The zero-order chi connectivity index (χ0) is 27.0. The second-order valence-electron chi connectivity index (χ2n) is 11.4. The monoisotopic (exact) mass is 511 g/mol. The first-order valence-electron chi connectivity index (χ1n) is 13.1. The third-order valence-corrected chi connectivity index (χ3v) is 7.06. The Hall–Kier alpha value is -1.81. The highest BCUT2D eigenvalue weighted by atomic mass is 16.5. The van der Waals surface area contributed by atoms with Crippen molar-refractivity contribution in [2.75, 3.05) is 13.7 Å². The van der Waals surface area contributed by atoms with Gasteiger partial charge in [-0.1, -0.05) is 46.1 Å². The number of carbonyl (C=O) groups excluding carboxylic acids is 3. The smallest absolute Gasteiger partial charge is 0.309 e. The molecule has 206 valence electrons. The number of Topliss-reactive ketones (excluding diaryl/α,β-unsaturated/α-hetero) is 1. The number of allylic oxidation sites excluding steroid dienone is 1. The normalized spacial score (nSPS) is 25.8. The summed E-state index contributed by atoms with van der Waals surface area (Å²) in [6.45, 7) is 7.65. The molecular weight excluding hydrogens is 466 g/mol. The molecule has 2 fully saturated rings. The van der Waals surface area contributed by atoms with Gasteiger partial charge >= 0.3 is 5.97 Å². The summed E-state index contributed by atoms with van der Waals surface area (Å²) in [5.41, 5.74) is 0.218. The molecule has 0 bridgehead atoms. The van der Waals surface area contributed by atoms with E-state index in [0.29, 0.717) is 18.4 Å². The predicted octanol–water partition coefficient (Wildman–Crippen LogP) is 2.05. The highest BCUT2D eigenvalue weighted by Gasteiger charge is 2.39. The number of aliphatic hydroxyl groups is 3. The number of ether oxygens (including phenoxy) is 2. The second-order valence-corrected chi connectivity index (χ2v) is 11.4. The largest absolute Gasteiger partial charge is 0.460 e. The van der Waals surface area contributed by atoms with Crippen molar-refractivity contribution in [2.45, 2.75) is 110 Å². The number of esters is 1. The Labute approximate surface area is 214 Å². The molecule has 36 heavy (non-hydrogen) atoms. The van der Waals surface area contributed by atoms with Crippen molar-refractivity contribution in [3.63, 3.8) is 0 Å². The molecule has 1 amide bonds. The van der Waals surface area contributed by atoms with Crippen LogP contribution in [0.1, 0.15) is 79.1 Å². The van der Waals surface area contributed by atoms with E-state index >= 15 is 0 Å². The standard InChI is InChI=1S/C27H45NO8/c1-16(14-27(2,3)4)21(30)22(31)23(32)24(35-5)20(29)13-18-11-12-19(15-28-25(18)33)36-26(34)17-9-7-6-8-10-17/h14,17-19,21-24,30-32H,6-13,15H2,1-5H3,(H,28,33)/b16-14+/t18-,19-,21-,22+,23-,24+/m1/s1. The average molecular weight is 512 g/mol. The number of amides is 1. The van der Waals surface area contributed by atoms with Crippen LogP contribution < -0.4 is 5.32 Å². The first-order valence-corrected chi connectivity index (χ1v) is 13.1. The number of hydrogen-bond acceptors (Lipinski definition) is 8. The van der Waals surface area contributed by atoms with Gasteiger partial charge in [-0.25, -0.2) is 0 Å². The van der Waals surface area contributed by atoms with E-state index in [9.17, 15) is 29.7 Å². The Kier molecular flexibility index (Phi) is 11.5. The minimum atomic E-state index is -1.68. The molecule has 2 aliphatic rings. The van der Waals surface area contributed by atoms with E-state index < -0.39 is 42.2 Å². The molecule has 4 N–H and O–H groups in total. The van der Waals surface area contributed by atoms with Crippen molar-refractivity contribution in [1.29, 1.82) is 0 Å². The quantitative estimate of drug-likeness (QED) is 0.258. The lowest BCUT2D eigenvalue weighted by Crippen LogP contribution is -2.49. The van der Waals surface area contributed by atoms with Crippen LogP contribution in [-0.2, 0) is 23.9 Å². The van der Waals surface area contributed by atoms with Gasteiger partial charge in [-0.15, -0.1) is 0 Å². The molecule has 0 aromatic rings. The van der Waals surface area contributed by atoms with E-state index in [1.165, 1.54) is 7.11 Å². The molecule has 0 unspecified atom stereocenters. The van der Waals surface area contributed by atoms with Gasteiger partial charge < -0.3 is 30.1 Å². The lowest BCUT2D eigenvalue weighted by molar-refractivity contribution is -0.155. The molecule has 9 heteroatoms. The van der Waals surface area contributed by atoms with Gasteiger partial charge in [0, 0.05) is 19.4 Å². The third-order valence-electron chi connectivity index (χ3n) is 7.06. The van der Waals surface area contributed by atoms with E-state index in [1.54, 1.807) is 13.0 Å². The van der Waals surface area contributed by atoms with Crippen LogP contribution >= 0.6 is 0 Å². The van der Waals surface area contributed by atoms with Crippen LogP contribution in [0.5, 0.6) is 0 Å². The third kappa shape index (κ3) is 8.94. The summed E-state index contributed by atoms with van der Waals surface area (Å²) in [7, 11) is 1.23. The van der Waals surface area contributed by atoms with Crippen molar-refractivity contribution in [3.8, 4) is 0 Å². The van der Waals surface area contributed by atoms with Gasteiger partial charge in [-0.05, 0) is 43.6 Å². The zero-order valence-electron chi connectivity index (χ0n) is 22.4. The molecule has 1 aliphatic carbocycles. The highest BCUT2D eigenvalue weighted by molar-refractivity contribution is 5.89. The van der Waals surface area contributed by atoms with Crippen LogP contribution in [0.15, 0.2) is 11.6 Å². The molecule has 1 aliphatic heterocycles. The first-order chi connectivity index (χ1) is 16.8. The summed E-state index contributed by atoms with van der Waals surface area (Å²) in [5, 5.41) is 34.4. The number of hydrogen-bond donors (Lipinski definition) is 4. The number of methoxy groups -OCH3 is 1. The average Bonchev–Trinajstić information content (AvgIpc) is 2.99.